The minimum atomic E-state index is -0.259. The Bertz CT molecular complexity index is 1240. The summed E-state index contributed by atoms with van der Waals surface area (Å²) in [6.07, 6.45) is 12.5. The number of allylic oxidation sites excluding steroid dienone is 3. The first-order chi connectivity index (χ1) is 15.6. The Balaban J connectivity index is 1.22. The molecule has 8 heteroatoms. The summed E-state index contributed by atoms with van der Waals surface area (Å²) in [5.74, 6) is 0.475. The van der Waals surface area contributed by atoms with Crippen LogP contribution in [-0.4, -0.2) is 32.8 Å². The lowest BCUT2D eigenvalue weighted by Gasteiger charge is -2.33. The van der Waals surface area contributed by atoms with Gasteiger partial charge in [0, 0.05) is 28.5 Å². The molecule has 0 aromatic carbocycles. The number of aryl methyl sites for hydroxylation is 1. The Hall–Kier alpha value is -2.74. The van der Waals surface area contributed by atoms with Crippen LogP contribution in [0.1, 0.15) is 55.8 Å². The number of hydrogen-bond acceptors (Lipinski definition) is 5. The molecular formula is C24H24N4O3S. The first kappa shape index (κ1) is 19.9. The Morgan fingerprint density at radius 3 is 2.97 bits per heavy atom. The summed E-state index contributed by atoms with van der Waals surface area (Å²) in [5.41, 5.74) is 5.26. The highest BCUT2D eigenvalue weighted by Gasteiger charge is 2.34. The molecule has 0 radical (unpaired) electrons. The zero-order valence-electron chi connectivity index (χ0n) is 17.7. The van der Waals surface area contributed by atoms with Crippen LogP contribution in [0.2, 0.25) is 0 Å². The zero-order valence-corrected chi connectivity index (χ0v) is 18.5. The standard InChI is InChI=1S/C24H24N4O3S/c29-21(11-14-12-32-24-27-19-7-3-6-18(19)23(31)28(14)24)25-13-8-9-16-15-4-1-2-5-17(15)22(30)26-20(16)10-13/h8-10,14,16H,1-7,11-12H2,(H,26,30). The van der Waals surface area contributed by atoms with E-state index in [2.05, 4.69) is 15.3 Å². The number of carbonyl (C=O) groups is 2. The molecular weight excluding hydrogens is 424 g/mol. The van der Waals surface area contributed by atoms with Gasteiger partial charge in [0.15, 0.2) is 5.16 Å². The fraction of sp³-hybridized carbons (Fsp3) is 0.458. The molecule has 0 spiro atoms. The van der Waals surface area contributed by atoms with Crippen LogP contribution in [0.25, 0.3) is 0 Å². The van der Waals surface area contributed by atoms with Gasteiger partial charge in [-0.15, -0.1) is 0 Å². The van der Waals surface area contributed by atoms with Crippen molar-refractivity contribution in [3.63, 3.8) is 0 Å². The van der Waals surface area contributed by atoms with Crippen molar-refractivity contribution in [2.45, 2.75) is 62.6 Å². The van der Waals surface area contributed by atoms with Crippen molar-refractivity contribution in [1.82, 2.24) is 14.9 Å². The van der Waals surface area contributed by atoms with Crippen LogP contribution in [0, 0.1) is 5.92 Å². The van der Waals surface area contributed by atoms with Gasteiger partial charge in [0.1, 0.15) is 0 Å². The fourth-order valence-corrected chi connectivity index (χ4v) is 6.67. The number of carbonyl (C=O) groups excluding carboxylic acids is 2. The number of nitrogens with zero attached hydrogens (tertiary/aromatic N) is 3. The largest absolute Gasteiger partial charge is 0.325 e. The molecule has 164 valence electrons. The molecule has 0 saturated carbocycles. The maximum absolute atomic E-state index is 12.9. The van der Waals surface area contributed by atoms with E-state index in [-0.39, 0.29) is 35.8 Å². The minimum absolute atomic E-state index is 0.0119. The van der Waals surface area contributed by atoms with Crippen LogP contribution in [0.5, 0.6) is 0 Å². The van der Waals surface area contributed by atoms with Crippen LogP contribution in [-0.2, 0) is 22.4 Å². The lowest BCUT2D eigenvalue weighted by molar-refractivity contribution is -0.118. The Morgan fingerprint density at radius 2 is 2.06 bits per heavy atom. The summed E-state index contributed by atoms with van der Waals surface area (Å²) >= 11 is 1.54. The number of aliphatic imine (C=N–C) groups is 1. The van der Waals surface area contributed by atoms with E-state index in [1.807, 2.05) is 18.2 Å². The summed E-state index contributed by atoms with van der Waals surface area (Å²) in [4.78, 5) is 47.2. The monoisotopic (exact) mass is 448 g/mol. The van der Waals surface area contributed by atoms with Crippen molar-refractivity contribution in [1.29, 1.82) is 0 Å². The highest BCUT2D eigenvalue weighted by atomic mass is 32.2. The van der Waals surface area contributed by atoms with E-state index in [1.54, 1.807) is 16.3 Å². The first-order valence-electron chi connectivity index (χ1n) is 11.4. The number of hydrogen-bond donors (Lipinski definition) is 1. The molecule has 1 aromatic rings. The van der Waals surface area contributed by atoms with Gasteiger partial charge in [-0.3, -0.25) is 19.0 Å². The summed E-state index contributed by atoms with van der Waals surface area (Å²) < 4.78 is 1.70. The molecule has 3 heterocycles. The first-order valence-corrected chi connectivity index (χ1v) is 12.4. The second-order valence-corrected chi connectivity index (χ2v) is 10.0. The third-order valence-corrected chi connectivity index (χ3v) is 8.15. The van der Waals surface area contributed by atoms with E-state index in [1.165, 1.54) is 5.57 Å². The fourth-order valence-electron chi connectivity index (χ4n) is 5.51. The van der Waals surface area contributed by atoms with Gasteiger partial charge in [0.25, 0.3) is 11.5 Å². The van der Waals surface area contributed by atoms with E-state index in [0.717, 1.165) is 72.6 Å². The lowest BCUT2D eigenvalue weighted by atomic mass is 9.77. The third-order valence-electron chi connectivity index (χ3n) is 7.05. The topological polar surface area (TPSA) is 93.4 Å². The molecule has 5 aliphatic rings. The number of thioether (sulfide) groups is 1. The summed E-state index contributed by atoms with van der Waals surface area (Å²) in [6, 6.07) is -0.213. The summed E-state index contributed by atoms with van der Waals surface area (Å²) in [6.45, 7) is 0. The smallest absolute Gasteiger partial charge is 0.257 e. The summed E-state index contributed by atoms with van der Waals surface area (Å²) in [7, 11) is 0. The predicted octanol–water partition coefficient (Wildman–Crippen LogP) is 2.81. The van der Waals surface area contributed by atoms with Crippen LogP contribution >= 0.6 is 11.8 Å². The average Bonchev–Trinajstić information content (AvgIpc) is 3.41. The molecule has 2 atom stereocenters. The quantitative estimate of drug-likeness (QED) is 0.703. The van der Waals surface area contributed by atoms with Crippen molar-refractivity contribution in [2.24, 2.45) is 10.9 Å². The maximum atomic E-state index is 12.9. The molecule has 2 amide bonds. The molecule has 2 aliphatic heterocycles. The molecule has 1 N–H and O–H groups in total. The molecule has 0 bridgehead atoms. The van der Waals surface area contributed by atoms with Gasteiger partial charge >= 0.3 is 0 Å². The highest BCUT2D eigenvalue weighted by molar-refractivity contribution is 7.99. The van der Waals surface area contributed by atoms with Crippen molar-refractivity contribution < 1.29 is 9.59 Å². The van der Waals surface area contributed by atoms with Gasteiger partial charge in [-0.2, -0.15) is 0 Å². The maximum Gasteiger partial charge on any atom is 0.257 e. The molecule has 0 fully saturated rings. The minimum Gasteiger partial charge on any atom is -0.325 e. The summed E-state index contributed by atoms with van der Waals surface area (Å²) in [5, 5.41) is 3.73. The van der Waals surface area contributed by atoms with Crippen molar-refractivity contribution in [2.75, 3.05) is 5.75 Å². The van der Waals surface area contributed by atoms with Gasteiger partial charge in [-0.25, -0.2) is 9.98 Å². The van der Waals surface area contributed by atoms with Gasteiger partial charge in [0.2, 0.25) is 5.91 Å². The molecule has 6 rings (SSSR count). The van der Waals surface area contributed by atoms with Gasteiger partial charge in [-0.05, 0) is 62.7 Å². The number of aromatic nitrogens is 2. The van der Waals surface area contributed by atoms with E-state index in [9.17, 15) is 14.4 Å². The van der Waals surface area contributed by atoms with Gasteiger partial charge in [0.05, 0.1) is 23.9 Å². The number of rotatable bonds is 2. The van der Waals surface area contributed by atoms with Crippen LogP contribution in [0.15, 0.2) is 50.0 Å². The Kier molecular flexibility index (Phi) is 4.78. The van der Waals surface area contributed by atoms with Crippen molar-refractivity contribution >= 4 is 29.3 Å². The van der Waals surface area contributed by atoms with Crippen LogP contribution < -0.4 is 10.9 Å². The number of amides is 2. The highest BCUT2D eigenvalue weighted by Crippen LogP contribution is 2.38. The van der Waals surface area contributed by atoms with Crippen LogP contribution in [0.4, 0.5) is 0 Å². The second-order valence-electron chi connectivity index (χ2n) is 9.05. The Morgan fingerprint density at radius 1 is 1.19 bits per heavy atom. The lowest BCUT2D eigenvalue weighted by Crippen LogP contribution is -2.37. The van der Waals surface area contributed by atoms with Crippen molar-refractivity contribution in [3.05, 3.63) is 56.7 Å². The molecule has 2 unspecified atom stereocenters. The number of nitrogens with one attached hydrogen (secondary N) is 1. The van der Waals surface area contributed by atoms with Crippen LogP contribution in [0.3, 0.4) is 0 Å². The average molecular weight is 449 g/mol. The predicted molar refractivity (Wildman–Crippen MR) is 122 cm³/mol. The normalized spacial score (nSPS) is 26.9. The van der Waals surface area contributed by atoms with Gasteiger partial charge < -0.3 is 5.32 Å². The molecule has 0 saturated heterocycles. The molecule has 32 heavy (non-hydrogen) atoms. The SMILES string of the molecule is O=C(CC1CSc2nc3c(c(=O)n21)CCC3)N=C1C=CC2C(=C1)NC(=O)C1=C2CCCC1. The number of fused-ring (bicyclic) bond motifs is 4. The Labute approximate surface area is 189 Å². The van der Waals surface area contributed by atoms with Crippen molar-refractivity contribution in [3.8, 4) is 0 Å². The third kappa shape index (κ3) is 3.23. The van der Waals surface area contributed by atoms with E-state index >= 15 is 0 Å². The van der Waals surface area contributed by atoms with Gasteiger partial charge in [-0.1, -0.05) is 17.8 Å². The molecule has 3 aliphatic carbocycles. The van der Waals surface area contributed by atoms with E-state index in [4.69, 9.17) is 0 Å². The molecule has 7 nitrogen and oxygen atoms in total. The molecule has 1 aromatic heterocycles. The zero-order chi connectivity index (χ0) is 21.8. The second kappa shape index (κ2) is 7.69. The van der Waals surface area contributed by atoms with E-state index < -0.39 is 0 Å². The van der Waals surface area contributed by atoms with E-state index in [0.29, 0.717) is 11.5 Å².